The number of furan rings is 1. The Morgan fingerprint density at radius 2 is 1.06 bits per heavy atom. The molecule has 0 saturated carbocycles. The molecule has 0 saturated heterocycles. The van der Waals surface area contributed by atoms with Crippen LogP contribution in [0, 0.1) is 0 Å². The summed E-state index contributed by atoms with van der Waals surface area (Å²) < 4.78 is 8.97. The zero-order chi connectivity index (χ0) is 41.0. The van der Waals surface area contributed by atoms with Gasteiger partial charge in [-0.2, -0.15) is 0 Å². The summed E-state index contributed by atoms with van der Waals surface area (Å²) in [7, 11) is 0. The van der Waals surface area contributed by atoms with Gasteiger partial charge in [-0.3, -0.25) is 0 Å². The van der Waals surface area contributed by atoms with E-state index >= 15 is 0 Å². The van der Waals surface area contributed by atoms with Crippen molar-refractivity contribution in [3.05, 3.63) is 223 Å². The molecule has 292 valence electrons. The molecular formula is C57H38N4O. The lowest BCUT2D eigenvalue weighted by Crippen LogP contribution is -2.07. The van der Waals surface area contributed by atoms with E-state index in [1.54, 1.807) is 0 Å². The van der Waals surface area contributed by atoms with Crippen LogP contribution in [0.15, 0.2) is 211 Å². The standard InChI is InChI=1S/C57H38N4O/c1-5-16-37(17-6-1)42-32-43(40-28-30-51-48(35-40)46-24-13-14-26-50(46)61(51)45-22-11-4-12-23-45)34-44(33-42)41-29-31-52-49(36-41)54-47(25-15-27-53(54)62-52)57-59-55(38-18-7-2-8-19-38)58-56(60-57)39-20-9-3-10-21-39/h1-34,36,40H,35H2. The fourth-order valence-electron chi connectivity index (χ4n) is 9.25. The molecule has 5 heteroatoms. The molecule has 3 heterocycles. The lowest BCUT2D eigenvalue weighted by atomic mass is 9.84. The molecule has 0 spiro atoms. The van der Waals surface area contributed by atoms with E-state index in [1.165, 1.54) is 44.5 Å². The highest BCUT2D eigenvalue weighted by atomic mass is 16.3. The lowest BCUT2D eigenvalue weighted by molar-refractivity contribution is 0.669. The Kier molecular flexibility index (Phi) is 8.56. The van der Waals surface area contributed by atoms with Crippen LogP contribution in [0.3, 0.4) is 0 Å². The first kappa shape index (κ1) is 35.8. The van der Waals surface area contributed by atoms with E-state index in [0.29, 0.717) is 17.5 Å². The van der Waals surface area contributed by atoms with Gasteiger partial charge >= 0.3 is 0 Å². The van der Waals surface area contributed by atoms with Crippen LogP contribution in [0.5, 0.6) is 0 Å². The molecular weight excluding hydrogens is 757 g/mol. The van der Waals surface area contributed by atoms with Crippen molar-refractivity contribution in [3.63, 3.8) is 0 Å². The number of para-hydroxylation sites is 2. The van der Waals surface area contributed by atoms with Crippen molar-refractivity contribution in [1.29, 1.82) is 0 Å². The van der Waals surface area contributed by atoms with Crippen molar-refractivity contribution in [2.45, 2.75) is 12.3 Å². The third-order valence-electron chi connectivity index (χ3n) is 12.2. The highest BCUT2D eigenvalue weighted by Crippen LogP contribution is 2.42. The van der Waals surface area contributed by atoms with Gasteiger partial charge < -0.3 is 8.98 Å². The molecule has 5 nitrogen and oxygen atoms in total. The maximum Gasteiger partial charge on any atom is 0.164 e. The Bertz CT molecular complexity index is 3420. The molecule has 0 fully saturated rings. The van der Waals surface area contributed by atoms with Crippen molar-refractivity contribution in [2.75, 3.05) is 0 Å². The van der Waals surface area contributed by atoms with Crippen LogP contribution in [0.4, 0.5) is 0 Å². The first-order valence-electron chi connectivity index (χ1n) is 21.1. The van der Waals surface area contributed by atoms with Gasteiger partial charge in [-0.15, -0.1) is 0 Å². The van der Waals surface area contributed by atoms with Gasteiger partial charge in [-0.1, -0.05) is 164 Å². The van der Waals surface area contributed by atoms with Crippen LogP contribution in [-0.4, -0.2) is 19.5 Å². The summed E-state index contributed by atoms with van der Waals surface area (Å²) in [5, 5.41) is 3.29. The fourth-order valence-corrected chi connectivity index (χ4v) is 9.25. The minimum Gasteiger partial charge on any atom is -0.456 e. The number of benzene rings is 8. The number of hydrogen-bond acceptors (Lipinski definition) is 4. The van der Waals surface area contributed by atoms with Crippen LogP contribution in [0.1, 0.15) is 22.7 Å². The average molecular weight is 795 g/mol. The molecule has 0 bridgehead atoms. The molecule has 8 aromatic carbocycles. The third-order valence-corrected chi connectivity index (χ3v) is 12.2. The topological polar surface area (TPSA) is 56.7 Å². The van der Waals surface area contributed by atoms with Crippen LogP contribution < -0.4 is 0 Å². The fraction of sp³-hybridized carbons (Fsp3) is 0.0351. The number of allylic oxidation sites excluding steroid dienone is 1. The molecule has 0 aliphatic heterocycles. The maximum absolute atomic E-state index is 6.57. The highest BCUT2D eigenvalue weighted by Gasteiger charge is 2.25. The first-order chi connectivity index (χ1) is 30.7. The number of fused-ring (bicyclic) bond motifs is 6. The molecule has 1 unspecified atom stereocenters. The van der Waals surface area contributed by atoms with Gasteiger partial charge in [0.1, 0.15) is 11.2 Å². The van der Waals surface area contributed by atoms with Crippen molar-refractivity contribution >= 4 is 38.9 Å². The molecule has 1 atom stereocenters. The van der Waals surface area contributed by atoms with E-state index in [4.69, 9.17) is 19.4 Å². The average Bonchev–Trinajstić information content (AvgIpc) is 3.90. The summed E-state index contributed by atoms with van der Waals surface area (Å²) in [5.74, 6) is 2.03. The van der Waals surface area contributed by atoms with Gasteiger partial charge in [0.25, 0.3) is 0 Å². The van der Waals surface area contributed by atoms with Crippen LogP contribution in [0.2, 0.25) is 0 Å². The van der Waals surface area contributed by atoms with E-state index in [0.717, 1.165) is 56.2 Å². The smallest absolute Gasteiger partial charge is 0.164 e. The number of nitrogens with zero attached hydrogens (tertiary/aromatic N) is 4. The van der Waals surface area contributed by atoms with Crippen molar-refractivity contribution < 1.29 is 4.42 Å². The quantitative estimate of drug-likeness (QED) is 0.161. The van der Waals surface area contributed by atoms with Crippen molar-refractivity contribution in [3.8, 4) is 62.1 Å². The summed E-state index contributed by atoms with van der Waals surface area (Å²) in [5.41, 5.74) is 15.3. The first-order valence-corrected chi connectivity index (χ1v) is 21.1. The highest BCUT2D eigenvalue weighted by molar-refractivity contribution is 6.13. The minimum absolute atomic E-state index is 0.187. The molecule has 11 aromatic rings. The molecule has 1 aliphatic carbocycles. The Morgan fingerprint density at radius 1 is 0.452 bits per heavy atom. The van der Waals surface area contributed by atoms with Gasteiger partial charge in [-0.05, 0) is 88.3 Å². The van der Waals surface area contributed by atoms with Crippen LogP contribution in [-0.2, 0) is 6.42 Å². The van der Waals surface area contributed by atoms with Gasteiger partial charge in [0, 0.05) is 50.1 Å². The molecule has 0 radical (unpaired) electrons. The second-order valence-corrected chi connectivity index (χ2v) is 16.0. The zero-order valence-electron chi connectivity index (χ0n) is 33.7. The largest absolute Gasteiger partial charge is 0.456 e. The van der Waals surface area contributed by atoms with E-state index < -0.39 is 0 Å². The van der Waals surface area contributed by atoms with E-state index in [9.17, 15) is 0 Å². The predicted octanol–water partition coefficient (Wildman–Crippen LogP) is 14.4. The number of aromatic nitrogens is 4. The summed E-state index contributed by atoms with van der Waals surface area (Å²) in [6.07, 6.45) is 5.64. The Hall–Kier alpha value is -8.15. The molecule has 62 heavy (non-hydrogen) atoms. The molecule has 12 rings (SSSR count). The van der Waals surface area contributed by atoms with Crippen LogP contribution >= 0.6 is 0 Å². The predicted molar refractivity (Wildman–Crippen MR) is 253 cm³/mol. The molecule has 0 N–H and O–H groups in total. The Balaban J connectivity index is 1.00. The van der Waals surface area contributed by atoms with E-state index in [1.807, 2.05) is 72.8 Å². The summed E-state index contributed by atoms with van der Waals surface area (Å²) >= 11 is 0. The van der Waals surface area contributed by atoms with Crippen LogP contribution in [0.25, 0.3) is 101 Å². The molecule has 0 amide bonds. The molecule has 1 aliphatic rings. The lowest BCUT2D eigenvalue weighted by Gasteiger charge is -2.21. The minimum atomic E-state index is 0.187. The third kappa shape index (κ3) is 6.22. The van der Waals surface area contributed by atoms with E-state index in [2.05, 4.69) is 144 Å². The number of hydrogen-bond donors (Lipinski definition) is 0. The van der Waals surface area contributed by atoms with Crippen molar-refractivity contribution in [2.24, 2.45) is 0 Å². The number of rotatable bonds is 7. The van der Waals surface area contributed by atoms with Gasteiger partial charge in [0.15, 0.2) is 17.5 Å². The zero-order valence-corrected chi connectivity index (χ0v) is 33.7. The van der Waals surface area contributed by atoms with Gasteiger partial charge in [-0.25, -0.2) is 15.0 Å². The maximum atomic E-state index is 6.57. The summed E-state index contributed by atoms with van der Waals surface area (Å²) in [6.45, 7) is 0. The normalized spacial score (nSPS) is 13.5. The van der Waals surface area contributed by atoms with Crippen molar-refractivity contribution in [1.82, 2.24) is 19.5 Å². The molecule has 3 aromatic heterocycles. The van der Waals surface area contributed by atoms with Gasteiger partial charge in [0.05, 0.1) is 5.52 Å². The Labute approximate surface area is 359 Å². The SMILES string of the molecule is C1=CC(c2cc(-c3ccccc3)cc(-c3ccc4oc5cccc(-c6nc(-c7ccccc7)nc(-c7ccccc7)n6)c5c4c3)c2)Cc2c1n(-c1ccccc1)c1ccccc21. The second kappa shape index (κ2) is 14.8. The summed E-state index contributed by atoms with van der Waals surface area (Å²) in [4.78, 5) is 15.2. The monoisotopic (exact) mass is 794 g/mol. The Morgan fingerprint density at radius 3 is 1.77 bits per heavy atom. The van der Waals surface area contributed by atoms with E-state index in [-0.39, 0.29) is 5.92 Å². The summed E-state index contributed by atoms with van der Waals surface area (Å²) in [6, 6.07) is 70.2. The second-order valence-electron chi connectivity index (χ2n) is 16.0. The van der Waals surface area contributed by atoms with Gasteiger partial charge in [0.2, 0.25) is 0 Å².